The fourth-order valence-electron chi connectivity index (χ4n) is 5.05. The van der Waals surface area contributed by atoms with Crippen LogP contribution >= 0.6 is 11.6 Å². The summed E-state index contributed by atoms with van der Waals surface area (Å²) in [7, 11) is 0. The summed E-state index contributed by atoms with van der Waals surface area (Å²) in [5, 5.41) is 11.3. The number of rotatable bonds is 4. The molecule has 1 unspecified atom stereocenters. The number of aliphatic hydroxyl groups excluding tert-OH is 1. The van der Waals surface area contributed by atoms with E-state index in [0.29, 0.717) is 19.0 Å². The summed E-state index contributed by atoms with van der Waals surface area (Å²) in [6.07, 6.45) is 4.17. The minimum Gasteiger partial charge on any atom is -0.374 e. The van der Waals surface area contributed by atoms with E-state index < -0.39 is 6.23 Å². The Bertz CT molecular complexity index is 1240. The molecule has 1 N–H and O–H groups in total. The highest BCUT2D eigenvalue weighted by atomic mass is 35.5. The van der Waals surface area contributed by atoms with Crippen molar-refractivity contribution in [2.75, 3.05) is 13.1 Å². The predicted octanol–water partition coefficient (Wildman–Crippen LogP) is 4.07. The highest BCUT2D eigenvalue weighted by molar-refractivity contribution is 6.28. The number of carbonyl (C=O) groups excluding carboxylic acids is 1. The minimum atomic E-state index is -0.817. The molecule has 0 spiro atoms. The van der Waals surface area contributed by atoms with Crippen molar-refractivity contribution in [2.24, 2.45) is 0 Å². The smallest absolute Gasteiger partial charge is 0.237 e. The molecule has 7 heteroatoms. The van der Waals surface area contributed by atoms with Gasteiger partial charge in [-0.1, -0.05) is 36.4 Å². The molecule has 0 radical (unpaired) electrons. The van der Waals surface area contributed by atoms with Crippen molar-refractivity contribution in [3.05, 3.63) is 81.8 Å². The van der Waals surface area contributed by atoms with Gasteiger partial charge in [-0.15, -0.1) is 0 Å². The van der Waals surface area contributed by atoms with E-state index in [1.165, 1.54) is 11.1 Å². The molecule has 1 aromatic heterocycles. The number of carbonyl (C=O) groups is 1. The molecule has 6 rings (SSSR count). The van der Waals surface area contributed by atoms with Crippen LogP contribution in [0, 0.1) is 0 Å². The zero-order valence-corrected chi connectivity index (χ0v) is 19.0. The minimum absolute atomic E-state index is 0.0511. The van der Waals surface area contributed by atoms with Gasteiger partial charge in [0.05, 0.1) is 12.2 Å². The van der Waals surface area contributed by atoms with E-state index in [2.05, 4.69) is 22.1 Å². The van der Waals surface area contributed by atoms with Crippen molar-refractivity contribution in [1.82, 2.24) is 19.8 Å². The third-order valence-electron chi connectivity index (χ3n) is 7.04. The maximum absolute atomic E-state index is 13.1. The summed E-state index contributed by atoms with van der Waals surface area (Å²) >= 11 is 6.10. The number of aliphatic hydroxyl groups is 1. The Kier molecular flexibility index (Phi) is 5.17. The summed E-state index contributed by atoms with van der Waals surface area (Å²) in [5.41, 5.74) is 7.29. The molecule has 2 aromatic carbocycles. The van der Waals surface area contributed by atoms with Crippen LogP contribution in [-0.4, -0.2) is 43.9 Å². The average Bonchev–Trinajstić information content (AvgIpc) is 3.63. The van der Waals surface area contributed by atoms with Crippen LogP contribution in [0.25, 0.3) is 11.3 Å². The Morgan fingerprint density at radius 2 is 1.88 bits per heavy atom. The van der Waals surface area contributed by atoms with E-state index in [-0.39, 0.29) is 17.7 Å². The Balaban J connectivity index is 1.20. The number of fused-ring (bicyclic) bond motifs is 2. The van der Waals surface area contributed by atoms with Crippen LogP contribution < -0.4 is 0 Å². The fraction of sp³-hybridized carbons (Fsp3) is 0.346. The molecule has 1 aliphatic carbocycles. The molecule has 1 fully saturated rings. The van der Waals surface area contributed by atoms with E-state index in [1.807, 2.05) is 46.3 Å². The Morgan fingerprint density at radius 3 is 2.70 bits per heavy atom. The Morgan fingerprint density at radius 1 is 1.06 bits per heavy atom. The number of hydrogen-bond acceptors (Lipinski definition) is 5. The summed E-state index contributed by atoms with van der Waals surface area (Å²) in [5.74, 6) is 0.537. The zero-order chi connectivity index (χ0) is 22.5. The Labute approximate surface area is 197 Å². The zero-order valence-electron chi connectivity index (χ0n) is 18.2. The van der Waals surface area contributed by atoms with Gasteiger partial charge in [0.1, 0.15) is 6.23 Å². The van der Waals surface area contributed by atoms with Crippen molar-refractivity contribution in [1.29, 1.82) is 0 Å². The van der Waals surface area contributed by atoms with Crippen molar-refractivity contribution in [3.8, 4) is 11.3 Å². The highest BCUT2D eigenvalue weighted by Crippen LogP contribution is 2.44. The first-order chi connectivity index (χ1) is 16.1. The van der Waals surface area contributed by atoms with Gasteiger partial charge in [0.15, 0.2) is 0 Å². The van der Waals surface area contributed by atoms with Crippen LogP contribution in [0.5, 0.6) is 0 Å². The molecule has 3 heterocycles. The van der Waals surface area contributed by atoms with Crippen molar-refractivity contribution in [2.45, 2.75) is 44.5 Å². The van der Waals surface area contributed by atoms with Gasteiger partial charge in [-0.25, -0.2) is 9.97 Å². The summed E-state index contributed by atoms with van der Waals surface area (Å²) < 4.78 is 0. The van der Waals surface area contributed by atoms with Gasteiger partial charge in [-0.05, 0) is 65.1 Å². The molecule has 3 aromatic rings. The van der Waals surface area contributed by atoms with E-state index in [9.17, 15) is 9.90 Å². The molecule has 1 amide bonds. The molecular formula is C26H25ClN4O2. The SMILES string of the molecule is O=C(CN1Cc2ccc(-c3nc(Cl)ncc3C3CC3)cc2C1O)N1CCc2ccccc2C1. The van der Waals surface area contributed by atoms with E-state index in [0.717, 1.165) is 53.8 Å². The predicted molar refractivity (Wildman–Crippen MR) is 125 cm³/mol. The van der Waals surface area contributed by atoms with Gasteiger partial charge in [-0.3, -0.25) is 9.69 Å². The molecule has 1 saturated carbocycles. The molecule has 0 bridgehead atoms. The first-order valence-electron chi connectivity index (χ1n) is 11.5. The second-order valence-corrected chi connectivity index (χ2v) is 9.58. The maximum Gasteiger partial charge on any atom is 0.237 e. The van der Waals surface area contributed by atoms with Crippen molar-refractivity contribution < 1.29 is 9.90 Å². The number of nitrogens with zero attached hydrogens (tertiary/aromatic N) is 4. The van der Waals surface area contributed by atoms with Gasteiger partial charge in [0, 0.05) is 37.0 Å². The topological polar surface area (TPSA) is 69.6 Å². The summed E-state index contributed by atoms with van der Waals surface area (Å²) in [6.45, 7) is 2.09. The lowest BCUT2D eigenvalue weighted by Crippen LogP contribution is -2.42. The molecule has 2 aliphatic heterocycles. The Hall–Kier alpha value is -2.80. The summed E-state index contributed by atoms with van der Waals surface area (Å²) in [6, 6.07) is 14.3. The average molecular weight is 461 g/mol. The van der Waals surface area contributed by atoms with Gasteiger partial charge in [-0.2, -0.15) is 0 Å². The molecule has 0 saturated heterocycles. The number of aromatic nitrogens is 2. The fourth-order valence-corrected chi connectivity index (χ4v) is 5.18. The monoisotopic (exact) mass is 460 g/mol. The maximum atomic E-state index is 13.1. The van der Waals surface area contributed by atoms with Crippen LogP contribution in [0.15, 0.2) is 48.7 Å². The standard InChI is InChI=1S/C26H25ClN4O2/c27-26-28-12-22(17-5-6-17)24(29-26)18-7-8-20-14-31(25(33)21(20)11-18)15-23(32)30-10-9-16-3-1-2-4-19(16)13-30/h1-4,7-8,11-12,17,25,33H,5-6,9-10,13-15H2. The van der Waals surface area contributed by atoms with E-state index >= 15 is 0 Å². The van der Waals surface area contributed by atoms with Gasteiger partial charge in [0.25, 0.3) is 0 Å². The largest absolute Gasteiger partial charge is 0.374 e. The van der Waals surface area contributed by atoms with E-state index in [4.69, 9.17) is 11.6 Å². The van der Waals surface area contributed by atoms with Crippen molar-refractivity contribution >= 4 is 17.5 Å². The lowest BCUT2D eigenvalue weighted by Gasteiger charge is -2.31. The van der Waals surface area contributed by atoms with Crippen LogP contribution in [0.3, 0.4) is 0 Å². The number of halogens is 1. The first-order valence-corrected chi connectivity index (χ1v) is 11.9. The van der Waals surface area contributed by atoms with Crippen molar-refractivity contribution in [3.63, 3.8) is 0 Å². The van der Waals surface area contributed by atoms with Gasteiger partial charge < -0.3 is 10.0 Å². The highest BCUT2D eigenvalue weighted by Gasteiger charge is 2.33. The van der Waals surface area contributed by atoms with Crippen LogP contribution in [0.1, 0.15) is 52.8 Å². The number of benzene rings is 2. The second-order valence-electron chi connectivity index (χ2n) is 9.24. The lowest BCUT2D eigenvalue weighted by atomic mass is 9.99. The quantitative estimate of drug-likeness (QED) is 0.594. The lowest BCUT2D eigenvalue weighted by molar-refractivity contribution is -0.136. The number of hydrogen-bond donors (Lipinski definition) is 1. The van der Waals surface area contributed by atoms with Crippen LogP contribution in [-0.2, 0) is 24.3 Å². The molecular weight excluding hydrogens is 436 g/mol. The number of amides is 1. The third kappa shape index (κ3) is 3.92. The molecule has 6 nitrogen and oxygen atoms in total. The van der Waals surface area contributed by atoms with Gasteiger partial charge >= 0.3 is 0 Å². The second kappa shape index (κ2) is 8.20. The third-order valence-corrected chi connectivity index (χ3v) is 7.23. The summed E-state index contributed by atoms with van der Waals surface area (Å²) in [4.78, 5) is 25.5. The van der Waals surface area contributed by atoms with Gasteiger partial charge in [0.2, 0.25) is 11.2 Å². The first kappa shape index (κ1) is 20.8. The molecule has 1 atom stereocenters. The molecule has 168 valence electrons. The normalized spacial score (nSPS) is 19.9. The van der Waals surface area contributed by atoms with E-state index in [1.54, 1.807) is 0 Å². The molecule has 3 aliphatic rings. The molecule has 33 heavy (non-hydrogen) atoms. The van der Waals surface area contributed by atoms with Crippen LogP contribution in [0.4, 0.5) is 0 Å². The van der Waals surface area contributed by atoms with Crippen LogP contribution in [0.2, 0.25) is 5.28 Å².